The number of thiol groups is 1. The first-order valence-electron chi connectivity index (χ1n) is 4.45. The van der Waals surface area contributed by atoms with E-state index in [1.54, 1.807) is 13.0 Å². The van der Waals surface area contributed by atoms with E-state index in [1.165, 1.54) is 6.07 Å². The minimum atomic E-state index is -0.234. The van der Waals surface area contributed by atoms with Crippen LogP contribution in [-0.2, 0) is 0 Å². The topological polar surface area (TPSA) is 12.0 Å². The van der Waals surface area contributed by atoms with E-state index in [2.05, 4.69) is 17.9 Å². The Hall–Kier alpha value is -0.410. The van der Waals surface area contributed by atoms with Gasteiger partial charge in [0.1, 0.15) is 5.82 Å². The van der Waals surface area contributed by atoms with Gasteiger partial charge in [-0.05, 0) is 36.8 Å². The van der Waals surface area contributed by atoms with Crippen LogP contribution in [-0.4, -0.2) is 12.3 Å². The Labute approximate surface area is 94.1 Å². The molecule has 4 heteroatoms. The van der Waals surface area contributed by atoms with Gasteiger partial charge in [-0.2, -0.15) is 12.6 Å². The van der Waals surface area contributed by atoms with Crippen molar-refractivity contribution in [3.8, 4) is 0 Å². The SMILES string of the molecule is Cc1cc(Cl)c(NCCCS)cc1F. The van der Waals surface area contributed by atoms with Crippen molar-refractivity contribution in [3.05, 3.63) is 28.5 Å². The average molecular weight is 234 g/mol. The number of nitrogens with one attached hydrogen (secondary N) is 1. The van der Waals surface area contributed by atoms with Gasteiger partial charge in [-0.15, -0.1) is 0 Å². The lowest BCUT2D eigenvalue weighted by molar-refractivity contribution is 0.619. The smallest absolute Gasteiger partial charge is 0.128 e. The summed E-state index contributed by atoms with van der Waals surface area (Å²) in [6.07, 6.45) is 0.926. The van der Waals surface area contributed by atoms with Crippen LogP contribution < -0.4 is 5.32 Å². The third-order valence-corrected chi connectivity index (χ3v) is 2.53. The Morgan fingerprint density at radius 1 is 1.50 bits per heavy atom. The summed E-state index contributed by atoms with van der Waals surface area (Å²) in [5, 5.41) is 3.62. The van der Waals surface area contributed by atoms with E-state index in [-0.39, 0.29) is 5.82 Å². The molecule has 1 aromatic rings. The van der Waals surface area contributed by atoms with Crippen molar-refractivity contribution in [1.29, 1.82) is 0 Å². The van der Waals surface area contributed by atoms with Crippen molar-refractivity contribution < 1.29 is 4.39 Å². The van der Waals surface area contributed by atoms with Crippen LogP contribution in [0.15, 0.2) is 12.1 Å². The summed E-state index contributed by atoms with van der Waals surface area (Å²) in [5.41, 5.74) is 1.21. The fourth-order valence-electron chi connectivity index (χ4n) is 1.08. The molecule has 0 aliphatic rings. The molecule has 1 aromatic carbocycles. The zero-order valence-corrected chi connectivity index (χ0v) is 9.63. The molecule has 0 saturated carbocycles. The molecule has 1 nitrogen and oxygen atoms in total. The highest BCUT2D eigenvalue weighted by Gasteiger charge is 2.04. The summed E-state index contributed by atoms with van der Waals surface area (Å²) in [5.74, 6) is 0.571. The summed E-state index contributed by atoms with van der Waals surface area (Å²) in [6, 6.07) is 3.05. The van der Waals surface area contributed by atoms with Crippen LogP contribution in [0, 0.1) is 12.7 Å². The molecule has 0 heterocycles. The zero-order valence-electron chi connectivity index (χ0n) is 7.98. The Balaban J connectivity index is 2.72. The second-order valence-electron chi connectivity index (χ2n) is 3.09. The van der Waals surface area contributed by atoms with Crippen LogP contribution in [0.5, 0.6) is 0 Å². The molecule has 0 radical (unpaired) electrons. The van der Waals surface area contributed by atoms with Gasteiger partial charge in [-0.25, -0.2) is 4.39 Å². The molecule has 1 N–H and O–H groups in total. The molecule has 14 heavy (non-hydrogen) atoms. The highest BCUT2D eigenvalue weighted by Crippen LogP contribution is 2.24. The molecular formula is C10H13ClFNS. The molecule has 0 bridgehead atoms. The van der Waals surface area contributed by atoms with Crippen LogP contribution in [0.25, 0.3) is 0 Å². The fraction of sp³-hybridized carbons (Fsp3) is 0.400. The number of halogens is 2. The first-order chi connectivity index (χ1) is 6.65. The van der Waals surface area contributed by atoms with Gasteiger partial charge in [-0.1, -0.05) is 11.6 Å². The van der Waals surface area contributed by atoms with E-state index in [0.29, 0.717) is 16.3 Å². The van der Waals surface area contributed by atoms with Crippen LogP contribution in [0.3, 0.4) is 0 Å². The van der Waals surface area contributed by atoms with Crippen molar-refractivity contribution in [3.63, 3.8) is 0 Å². The number of rotatable bonds is 4. The summed E-state index contributed by atoms with van der Waals surface area (Å²) in [7, 11) is 0. The minimum absolute atomic E-state index is 0.234. The van der Waals surface area contributed by atoms with Gasteiger partial charge >= 0.3 is 0 Å². The molecule has 0 unspecified atom stereocenters. The molecule has 0 aromatic heterocycles. The van der Waals surface area contributed by atoms with Gasteiger partial charge in [-0.3, -0.25) is 0 Å². The molecule has 0 saturated heterocycles. The monoisotopic (exact) mass is 233 g/mol. The second-order valence-corrected chi connectivity index (χ2v) is 3.94. The minimum Gasteiger partial charge on any atom is -0.384 e. The molecular weight excluding hydrogens is 221 g/mol. The predicted octanol–water partition coefficient (Wildman–Crippen LogP) is 3.52. The van der Waals surface area contributed by atoms with Gasteiger partial charge in [0, 0.05) is 6.54 Å². The maximum atomic E-state index is 13.2. The number of anilines is 1. The van der Waals surface area contributed by atoms with Crippen molar-refractivity contribution >= 4 is 29.9 Å². The van der Waals surface area contributed by atoms with Crippen molar-refractivity contribution in [2.45, 2.75) is 13.3 Å². The van der Waals surface area contributed by atoms with Crippen molar-refractivity contribution in [1.82, 2.24) is 0 Å². The number of benzene rings is 1. The van der Waals surface area contributed by atoms with E-state index in [1.807, 2.05) is 0 Å². The van der Waals surface area contributed by atoms with Crippen LogP contribution in [0.2, 0.25) is 5.02 Å². The van der Waals surface area contributed by atoms with Crippen LogP contribution in [0.4, 0.5) is 10.1 Å². The number of hydrogen-bond acceptors (Lipinski definition) is 2. The first kappa shape index (κ1) is 11.7. The maximum Gasteiger partial charge on any atom is 0.128 e. The van der Waals surface area contributed by atoms with Gasteiger partial charge < -0.3 is 5.32 Å². The first-order valence-corrected chi connectivity index (χ1v) is 5.46. The van der Waals surface area contributed by atoms with Gasteiger partial charge in [0.05, 0.1) is 10.7 Å². The van der Waals surface area contributed by atoms with E-state index < -0.39 is 0 Å². The highest BCUT2D eigenvalue weighted by molar-refractivity contribution is 7.80. The molecule has 78 valence electrons. The summed E-state index contributed by atoms with van der Waals surface area (Å²) < 4.78 is 13.2. The molecule has 0 spiro atoms. The molecule has 0 aliphatic heterocycles. The third-order valence-electron chi connectivity index (χ3n) is 1.90. The molecule has 1 rings (SSSR count). The molecule has 0 aliphatic carbocycles. The standard InChI is InChI=1S/C10H13ClFNS/c1-7-5-8(11)10(6-9(7)12)13-3-2-4-14/h5-6,13-14H,2-4H2,1H3. The molecule has 0 atom stereocenters. The van der Waals surface area contributed by atoms with Crippen molar-refractivity contribution in [2.75, 3.05) is 17.6 Å². The maximum absolute atomic E-state index is 13.2. The summed E-state index contributed by atoms with van der Waals surface area (Å²) in [4.78, 5) is 0. The lowest BCUT2D eigenvalue weighted by atomic mass is 10.2. The van der Waals surface area contributed by atoms with Gasteiger partial charge in [0.2, 0.25) is 0 Å². The largest absolute Gasteiger partial charge is 0.384 e. The average Bonchev–Trinajstić information content (AvgIpc) is 2.14. The Morgan fingerprint density at radius 3 is 2.86 bits per heavy atom. The summed E-state index contributed by atoms with van der Waals surface area (Å²) >= 11 is 10.0. The number of aryl methyl sites for hydroxylation is 1. The zero-order chi connectivity index (χ0) is 10.6. The fourth-order valence-corrected chi connectivity index (χ4v) is 1.53. The van der Waals surface area contributed by atoms with E-state index >= 15 is 0 Å². The molecule has 0 fully saturated rings. The van der Waals surface area contributed by atoms with Crippen molar-refractivity contribution in [2.24, 2.45) is 0 Å². The van der Waals surface area contributed by atoms with Gasteiger partial charge in [0.25, 0.3) is 0 Å². The van der Waals surface area contributed by atoms with E-state index in [4.69, 9.17) is 11.6 Å². The lowest BCUT2D eigenvalue weighted by Gasteiger charge is -2.08. The van der Waals surface area contributed by atoms with E-state index in [9.17, 15) is 4.39 Å². The lowest BCUT2D eigenvalue weighted by Crippen LogP contribution is -2.03. The quantitative estimate of drug-likeness (QED) is 0.599. The Morgan fingerprint density at radius 2 is 2.21 bits per heavy atom. The normalized spacial score (nSPS) is 10.3. The molecule has 0 amide bonds. The summed E-state index contributed by atoms with van der Waals surface area (Å²) in [6.45, 7) is 2.45. The number of hydrogen-bond donors (Lipinski definition) is 2. The van der Waals surface area contributed by atoms with Crippen LogP contribution >= 0.6 is 24.2 Å². The second kappa shape index (κ2) is 5.47. The Bertz CT molecular complexity index is 317. The van der Waals surface area contributed by atoms with Crippen LogP contribution in [0.1, 0.15) is 12.0 Å². The van der Waals surface area contributed by atoms with Gasteiger partial charge in [0.15, 0.2) is 0 Å². The third kappa shape index (κ3) is 3.07. The predicted molar refractivity (Wildman–Crippen MR) is 63.1 cm³/mol. The van der Waals surface area contributed by atoms with E-state index in [0.717, 1.165) is 18.7 Å². The highest BCUT2D eigenvalue weighted by atomic mass is 35.5. The Kier molecular flexibility index (Phi) is 4.55.